The lowest BCUT2D eigenvalue weighted by molar-refractivity contribution is -0.123. The molecule has 0 N–H and O–H groups in total. The maximum atomic E-state index is 10.9. The molecule has 0 spiro atoms. The van der Waals surface area contributed by atoms with Crippen molar-refractivity contribution in [3.63, 3.8) is 0 Å². The highest BCUT2D eigenvalue weighted by Gasteiger charge is 2.45. The molecule has 3 heteroatoms. The Morgan fingerprint density at radius 3 is 2.33 bits per heavy atom. The normalized spacial score (nSPS) is 21.9. The number of hydrogen-bond donors (Lipinski definition) is 0. The molecule has 0 atom stereocenters. The average Bonchev–Trinajstić information content (AvgIpc) is 2.38. The van der Waals surface area contributed by atoms with Gasteiger partial charge in [-0.2, -0.15) is 0 Å². The summed E-state index contributed by atoms with van der Waals surface area (Å²) in [6, 6.07) is 0. The highest BCUT2D eigenvalue weighted by atomic mass is 127. The van der Waals surface area contributed by atoms with Gasteiger partial charge in [0.1, 0.15) is 0 Å². The van der Waals surface area contributed by atoms with E-state index in [1.165, 1.54) is 0 Å². The molecule has 1 aliphatic rings. The number of hydrogen-bond acceptors (Lipinski definition) is 1. The summed E-state index contributed by atoms with van der Waals surface area (Å²) in [5, 5.41) is 0. The van der Waals surface area contributed by atoms with Gasteiger partial charge >= 0.3 is 0 Å². The van der Waals surface area contributed by atoms with Crippen LogP contribution in [0, 0.1) is 0 Å². The Labute approximate surface area is 68.7 Å². The molecule has 0 aromatic heterocycles. The number of amides is 1. The first-order valence-electron chi connectivity index (χ1n) is 2.94. The topological polar surface area (TPSA) is 20.1 Å². The van der Waals surface area contributed by atoms with Crippen molar-refractivity contribution in [1.82, 2.24) is 4.90 Å². The van der Waals surface area contributed by atoms with Gasteiger partial charge in [-0.05, 0) is 13.8 Å². The average molecular weight is 239 g/mol. The molecule has 0 unspecified atom stereocenters. The van der Waals surface area contributed by atoms with Crippen LogP contribution in [0.1, 0.15) is 13.8 Å². The SMILES string of the molecule is CC1(C)CN1C(=O)CI. The number of carbonyl (C=O) groups excluding carboxylic acids is 1. The first-order valence-corrected chi connectivity index (χ1v) is 4.47. The maximum absolute atomic E-state index is 10.9. The molecule has 9 heavy (non-hydrogen) atoms. The van der Waals surface area contributed by atoms with Crippen LogP contribution in [0.15, 0.2) is 0 Å². The highest BCUT2D eigenvalue weighted by molar-refractivity contribution is 14.1. The Morgan fingerprint density at radius 2 is 2.22 bits per heavy atom. The van der Waals surface area contributed by atoms with E-state index < -0.39 is 0 Å². The van der Waals surface area contributed by atoms with Gasteiger partial charge in [0.25, 0.3) is 0 Å². The fourth-order valence-electron chi connectivity index (χ4n) is 0.849. The van der Waals surface area contributed by atoms with E-state index in [1.807, 2.05) is 4.90 Å². The summed E-state index contributed by atoms with van der Waals surface area (Å²) < 4.78 is 0.612. The number of nitrogens with zero attached hydrogens (tertiary/aromatic N) is 1. The minimum atomic E-state index is 0.169. The van der Waals surface area contributed by atoms with E-state index in [9.17, 15) is 4.79 Å². The van der Waals surface area contributed by atoms with Crippen molar-refractivity contribution in [1.29, 1.82) is 0 Å². The molecule has 2 nitrogen and oxygen atoms in total. The zero-order valence-electron chi connectivity index (χ0n) is 5.65. The van der Waals surface area contributed by atoms with Crippen LogP contribution in [0.2, 0.25) is 0 Å². The van der Waals surface area contributed by atoms with E-state index >= 15 is 0 Å². The lowest BCUT2D eigenvalue weighted by Gasteiger charge is -2.02. The van der Waals surface area contributed by atoms with Crippen LogP contribution in [0.3, 0.4) is 0 Å². The molecule has 1 saturated heterocycles. The molecular formula is C6H10INO. The number of alkyl halides is 1. The van der Waals surface area contributed by atoms with Gasteiger partial charge in [-0.15, -0.1) is 0 Å². The van der Waals surface area contributed by atoms with Gasteiger partial charge in [-0.1, -0.05) is 22.6 Å². The number of halogens is 1. The molecule has 0 bridgehead atoms. The summed E-state index contributed by atoms with van der Waals surface area (Å²) >= 11 is 2.09. The number of carbonyl (C=O) groups is 1. The largest absolute Gasteiger partial charge is 0.333 e. The summed E-state index contributed by atoms with van der Waals surface area (Å²) in [5.74, 6) is 0.264. The first-order chi connectivity index (χ1) is 4.08. The van der Waals surface area contributed by atoms with Gasteiger partial charge in [0.15, 0.2) is 0 Å². The van der Waals surface area contributed by atoms with Gasteiger partial charge in [0, 0.05) is 6.54 Å². The second-order valence-corrected chi connectivity index (χ2v) is 3.69. The summed E-state index contributed by atoms with van der Waals surface area (Å²) in [6.45, 7) is 5.10. The first kappa shape index (κ1) is 7.31. The quantitative estimate of drug-likeness (QED) is 0.380. The summed E-state index contributed by atoms with van der Waals surface area (Å²) in [4.78, 5) is 12.8. The number of rotatable bonds is 1. The maximum Gasteiger partial charge on any atom is 0.232 e. The lowest BCUT2D eigenvalue weighted by Crippen LogP contribution is -2.18. The zero-order valence-corrected chi connectivity index (χ0v) is 7.81. The van der Waals surface area contributed by atoms with Crippen LogP contribution in [0.4, 0.5) is 0 Å². The monoisotopic (exact) mass is 239 g/mol. The minimum Gasteiger partial charge on any atom is -0.333 e. The predicted octanol–water partition coefficient (Wildman–Crippen LogP) is 1.04. The second kappa shape index (κ2) is 2.11. The summed E-state index contributed by atoms with van der Waals surface area (Å²) in [5.41, 5.74) is 0.169. The molecule has 0 aromatic rings. The molecular weight excluding hydrogens is 229 g/mol. The van der Waals surface area contributed by atoms with Crippen LogP contribution in [0.25, 0.3) is 0 Å². The predicted molar refractivity (Wildman–Crippen MR) is 44.7 cm³/mol. The fourth-order valence-corrected chi connectivity index (χ4v) is 1.26. The smallest absolute Gasteiger partial charge is 0.232 e. The van der Waals surface area contributed by atoms with E-state index in [4.69, 9.17) is 0 Å². The molecule has 0 aliphatic carbocycles. The van der Waals surface area contributed by atoms with E-state index in [-0.39, 0.29) is 11.4 Å². The van der Waals surface area contributed by atoms with Gasteiger partial charge < -0.3 is 4.90 Å². The van der Waals surface area contributed by atoms with E-state index in [1.54, 1.807) is 0 Å². The summed E-state index contributed by atoms with van der Waals surface area (Å²) in [6.07, 6.45) is 0. The van der Waals surface area contributed by atoms with Gasteiger partial charge in [-0.25, -0.2) is 0 Å². The highest BCUT2D eigenvalue weighted by Crippen LogP contribution is 2.30. The molecule has 1 rings (SSSR count). The van der Waals surface area contributed by atoms with E-state index in [2.05, 4.69) is 36.4 Å². The van der Waals surface area contributed by atoms with Crippen molar-refractivity contribution >= 4 is 28.5 Å². The van der Waals surface area contributed by atoms with Crippen molar-refractivity contribution in [3.8, 4) is 0 Å². The third-order valence-corrected chi connectivity index (χ3v) is 2.24. The standard InChI is InChI=1S/C6H10INO/c1-6(2)4-8(6)5(9)3-7/h3-4H2,1-2H3. The molecule has 52 valence electrons. The Morgan fingerprint density at radius 1 is 1.78 bits per heavy atom. The Bertz CT molecular complexity index is 144. The van der Waals surface area contributed by atoms with Crippen molar-refractivity contribution in [3.05, 3.63) is 0 Å². The van der Waals surface area contributed by atoms with E-state index in [0.717, 1.165) is 6.54 Å². The Kier molecular flexibility index (Phi) is 1.71. The van der Waals surface area contributed by atoms with Crippen molar-refractivity contribution in [2.75, 3.05) is 11.0 Å². The van der Waals surface area contributed by atoms with Crippen LogP contribution in [-0.2, 0) is 4.79 Å². The second-order valence-electron chi connectivity index (χ2n) is 2.93. The zero-order chi connectivity index (χ0) is 7.07. The van der Waals surface area contributed by atoms with Crippen molar-refractivity contribution in [2.24, 2.45) is 0 Å². The van der Waals surface area contributed by atoms with Gasteiger partial charge in [0.05, 0.1) is 9.97 Å². The fraction of sp³-hybridized carbons (Fsp3) is 0.833. The molecule has 0 aromatic carbocycles. The molecule has 0 radical (unpaired) electrons. The van der Waals surface area contributed by atoms with Crippen LogP contribution >= 0.6 is 22.6 Å². The molecule has 1 heterocycles. The molecule has 1 amide bonds. The molecule has 1 aliphatic heterocycles. The van der Waals surface area contributed by atoms with Crippen molar-refractivity contribution < 1.29 is 4.79 Å². The van der Waals surface area contributed by atoms with Gasteiger partial charge in [-0.3, -0.25) is 4.79 Å². The lowest BCUT2D eigenvalue weighted by atomic mass is 10.2. The van der Waals surface area contributed by atoms with Crippen LogP contribution in [0.5, 0.6) is 0 Å². The van der Waals surface area contributed by atoms with Gasteiger partial charge in [0.2, 0.25) is 5.91 Å². The Balaban J connectivity index is 2.42. The third-order valence-electron chi connectivity index (χ3n) is 1.59. The van der Waals surface area contributed by atoms with E-state index in [0.29, 0.717) is 4.43 Å². The Hall–Kier alpha value is 0.200. The van der Waals surface area contributed by atoms with Crippen LogP contribution < -0.4 is 0 Å². The van der Waals surface area contributed by atoms with Crippen molar-refractivity contribution in [2.45, 2.75) is 19.4 Å². The minimum absolute atomic E-state index is 0.169. The third kappa shape index (κ3) is 1.36. The summed E-state index contributed by atoms with van der Waals surface area (Å²) in [7, 11) is 0. The van der Waals surface area contributed by atoms with Crippen LogP contribution in [-0.4, -0.2) is 27.3 Å². The molecule has 1 fully saturated rings. The molecule has 0 saturated carbocycles.